The Hall–Kier alpha value is -0.580. The summed E-state index contributed by atoms with van der Waals surface area (Å²) in [4.78, 5) is 11.7. The fourth-order valence-electron chi connectivity index (χ4n) is 1.15. The summed E-state index contributed by atoms with van der Waals surface area (Å²) in [6, 6.07) is 5.90. The zero-order valence-corrected chi connectivity index (χ0v) is 10.6. The molecule has 0 bridgehead atoms. The summed E-state index contributed by atoms with van der Waals surface area (Å²) in [7, 11) is 0. The molecule has 0 aliphatic carbocycles. The van der Waals surface area contributed by atoms with E-state index in [0.717, 1.165) is 27.7 Å². The second-order valence-corrected chi connectivity index (χ2v) is 4.40. The largest absolute Gasteiger partial charge is 0.352 e. The summed E-state index contributed by atoms with van der Waals surface area (Å²) in [5.41, 5.74) is 1.89. The van der Waals surface area contributed by atoms with E-state index in [0.29, 0.717) is 0 Å². The number of carbonyl (C=O) groups excluding carboxylic acids is 1. The van der Waals surface area contributed by atoms with Gasteiger partial charge in [-0.2, -0.15) is 0 Å². The van der Waals surface area contributed by atoms with Gasteiger partial charge in [-0.3, -0.25) is 4.79 Å². The average Bonchev–Trinajstić information content (AvgIpc) is 2.18. The van der Waals surface area contributed by atoms with E-state index in [1.165, 1.54) is 0 Å². The first-order valence-corrected chi connectivity index (χ1v) is 5.77. The van der Waals surface area contributed by atoms with Gasteiger partial charge in [-0.05, 0) is 48.1 Å². The number of hydrogen-bond acceptors (Lipinski definition) is 1. The molecule has 2 nitrogen and oxygen atoms in total. The van der Waals surface area contributed by atoms with E-state index >= 15 is 0 Å². The summed E-state index contributed by atoms with van der Waals surface area (Å²) >= 11 is 2.18. The second-order valence-electron chi connectivity index (χ2n) is 3.24. The Labute approximate surface area is 98.2 Å². The van der Waals surface area contributed by atoms with E-state index in [1.54, 1.807) is 0 Å². The highest BCUT2D eigenvalue weighted by Crippen LogP contribution is 2.13. The van der Waals surface area contributed by atoms with Gasteiger partial charge in [0.15, 0.2) is 0 Å². The first-order chi connectivity index (χ1) is 6.65. The Morgan fingerprint density at radius 2 is 2.21 bits per heavy atom. The standard InChI is InChI=1S/C11H14INO/c1-3-6-13-11(14)9-7-8(2)4-5-10(9)12/h4-5,7H,3,6H2,1-2H3,(H,13,14). The molecule has 0 atom stereocenters. The van der Waals surface area contributed by atoms with Crippen molar-refractivity contribution in [1.82, 2.24) is 5.32 Å². The molecule has 1 aromatic rings. The molecule has 1 rings (SSSR count). The number of hydrogen-bond donors (Lipinski definition) is 1. The molecule has 76 valence electrons. The van der Waals surface area contributed by atoms with Crippen molar-refractivity contribution < 1.29 is 4.79 Å². The number of carbonyl (C=O) groups is 1. The summed E-state index contributed by atoms with van der Waals surface area (Å²) in [5.74, 6) is 0.0277. The van der Waals surface area contributed by atoms with Crippen LogP contribution < -0.4 is 5.32 Å². The monoisotopic (exact) mass is 303 g/mol. The van der Waals surface area contributed by atoms with Crippen LogP contribution >= 0.6 is 22.6 Å². The number of halogens is 1. The molecule has 0 radical (unpaired) electrons. The number of nitrogens with one attached hydrogen (secondary N) is 1. The third-order valence-corrected chi connectivity index (χ3v) is 2.84. The van der Waals surface area contributed by atoms with Gasteiger partial charge in [0.1, 0.15) is 0 Å². The minimum Gasteiger partial charge on any atom is -0.352 e. The Kier molecular flexibility index (Phi) is 4.38. The van der Waals surface area contributed by atoms with E-state index in [9.17, 15) is 4.79 Å². The van der Waals surface area contributed by atoms with Crippen LogP contribution in [0.25, 0.3) is 0 Å². The molecule has 0 spiro atoms. The molecule has 0 saturated heterocycles. The molecule has 1 N–H and O–H groups in total. The van der Waals surface area contributed by atoms with Crippen molar-refractivity contribution in [3.05, 3.63) is 32.9 Å². The van der Waals surface area contributed by atoms with Crippen LogP contribution in [0.1, 0.15) is 29.3 Å². The quantitative estimate of drug-likeness (QED) is 0.855. The zero-order chi connectivity index (χ0) is 10.6. The van der Waals surface area contributed by atoms with Crippen LogP contribution in [-0.2, 0) is 0 Å². The van der Waals surface area contributed by atoms with Gasteiger partial charge in [0.2, 0.25) is 0 Å². The van der Waals surface area contributed by atoms with E-state index < -0.39 is 0 Å². The Morgan fingerprint density at radius 3 is 2.86 bits per heavy atom. The van der Waals surface area contributed by atoms with Gasteiger partial charge in [-0.25, -0.2) is 0 Å². The maximum Gasteiger partial charge on any atom is 0.252 e. The maximum absolute atomic E-state index is 11.7. The van der Waals surface area contributed by atoms with Crippen molar-refractivity contribution in [2.75, 3.05) is 6.54 Å². The Bertz CT molecular complexity index is 336. The minimum absolute atomic E-state index is 0.0277. The van der Waals surface area contributed by atoms with E-state index in [1.807, 2.05) is 32.0 Å². The molecule has 0 fully saturated rings. The summed E-state index contributed by atoms with van der Waals surface area (Å²) < 4.78 is 1.00. The van der Waals surface area contributed by atoms with Gasteiger partial charge in [0, 0.05) is 10.1 Å². The van der Waals surface area contributed by atoms with Gasteiger partial charge >= 0.3 is 0 Å². The third-order valence-electron chi connectivity index (χ3n) is 1.90. The lowest BCUT2D eigenvalue weighted by Crippen LogP contribution is -2.24. The molecule has 0 unspecified atom stereocenters. The number of amides is 1. The highest BCUT2D eigenvalue weighted by Gasteiger charge is 2.08. The zero-order valence-electron chi connectivity index (χ0n) is 8.43. The lowest BCUT2D eigenvalue weighted by molar-refractivity contribution is 0.0952. The fourth-order valence-corrected chi connectivity index (χ4v) is 1.73. The van der Waals surface area contributed by atoms with Crippen molar-refractivity contribution in [2.24, 2.45) is 0 Å². The molecular formula is C11H14INO. The van der Waals surface area contributed by atoms with Crippen molar-refractivity contribution in [1.29, 1.82) is 0 Å². The predicted molar refractivity (Wildman–Crippen MR) is 66.5 cm³/mol. The second kappa shape index (κ2) is 5.34. The number of aryl methyl sites for hydroxylation is 1. The van der Waals surface area contributed by atoms with Gasteiger partial charge in [-0.1, -0.05) is 18.6 Å². The topological polar surface area (TPSA) is 29.1 Å². The molecule has 0 aromatic heterocycles. The SMILES string of the molecule is CCCNC(=O)c1cc(C)ccc1I. The Balaban J connectivity index is 2.83. The smallest absolute Gasteiger partial charge is 0.252 e. The van der Waals surface area contributed by atoms with Crippen LogP contribution in [-0.4, -0.2) is 12.5 Å². The van der Waals surface area contributed by atoms with Crippen molar-refractivity contribution in [3.8, 4) is 0 Å². The Morgan fingerprint density at radius 1 is 1.50 bits per heavy atom. The van der Waals surface area contributed by atoms with E-state index in [-0.39, 0.29) is 5.91 Å². The molecule has 0 saturated carbocycles. The van der Waals surface area contributed by atoms with Gasteiger partial charge < -0.3 is 5.32 Å². The number of benzene rings is 1. The lowest BCUT2D eigenvalue weighted by atomic mass is 10.1. The average molecular weight is 303 g/mol. The minimum atomic E-state index is 0.0277. The number of rotatable bonds is 3. The van der Waals surface area contributed by atoms with Gasteiger partial charge in [0.05, 0.1) is 5.56 Å². The highest BCUT2D eigenvalue weighted by atomic mass is 127. The normalized spacial score (nSPS) is 9.93. The van der Waals surface area contributed by atoms with Crippen LogP contribution in [0.5, 0.6) is 0 Å². The maximum atomic E-state index is 11.7. The van der Waals surface area contributed by atoms with Crippen LogP contribution in [0.2, 0.25) is 0 Å². The van der Waals surface area contributed by atoms with Crippen molar-refractivity contribution in [2.45, 2.75) is 20.3 Å². The van der Waals surface area contributed by atoms with E-state index in [4.69, 9.17) is 0 Å². The molecule has 1 aromatic carbocycles. The lowest BCUT2D eigenvalue weighted by Gasteiger charge is -2.06. The van der Waals surface area contributed by atoms with E-state index in [2.05, 4.69) is 27.9 Å². The van der Waals surface area contributed by atoms with Crippen LogP contribution in [0, 0.1) is 10.5 Å². The predicted octanol–water partition coefficient (Wildman–Crippen LogP) is 2.74. The van der Waals surface area contributed by atoms with Crippen LogP contribution in [0.3, 0.4) is 0 Å². The van der Waals surface area contributed by atoms with Crippen LogP contribution in [0.15, 0.2) is 18.2 Å². The fraction of sp³-hybridized carbons (Fsp3) is 0.364. The molecule has 0 aliphatic heterocycles. The molecular weight excluding hydrogens is 289 g/mol. The molecule has 0 heterocycles. The van der Waals surface area contributed by atoms with Gasteiger partial charge in [-0.15, -0.1) is 0 Å². The molecule has 14 heavy (non-hydrogen) atoms. The molecule has 3 heteroatoms. The first kappa shape index (κ1) is 11.5. The van der Waals surface area contributed by atoms with Gasteiger partial charge in [0.25, 0.3) is 5.91 Å². The summed E-state index contributed by atoms with van der Waals surface area (Å²) in [5, 5.41) is 2.87. The highest BCUT2D eigenvalue weighted by molar-refractivity contribution is 14.1. The third kappa shape index (κ3) is 2.97. The van der Waals surface area contributed by atoms with Crippen LogP contribution in [0.4, 0.5) is 0 Å². The summed E-state index contributed by atoms with van der Waals surface area (Å²) in [6.45, 7) is 4.77. The molecule has 1 amide bonds. The summed E-state index contributed by atoms with van der Waals surface area (Å²) in [6.07, 6.45) is 0.966. The van der Waals surface area contributed by atoms with Crippen molar-refractivity contribution >= 4 is 28.5 Å². The molecule has 0 aliphatic rings. The van der Waals surface area contributed by atoms with Crippen molar-refractivity contribution in [3.63, 3.8) is 0 Å². The first-order valence-electron chi connectivity index (χ1n) is 4.69.